The number of amides is 1. The predicted molar refractivity (Wildman–Crippen MR) is 123 cm³/mol. The summed E-state index contributed by atoms with van der Waals surface area (Å²) in [5.41, 5.74) is 2.73. The number of hydrogen-bond acceptors (Lipinski definition) is 4. The number of benzene rings is 3. The zero-order valence-electron chi connectivity index (χ0n) is 17.0. The number of halogens is 1. The molecule has 0 unspecified atom stereocenters. The standard InChI is InChI=1S/C25H19ClN2O4/c26-17-7-5-16(6-8-17)14-28-15-20(19-3-1-2-4-21(19)28)24(29)25(30)27-18-9-10-22-23(13-18)32-12-11-31-22/h1-10,13,15H,11-12,14H2,(H,27,30). The van der Waals surface area contributed by atoms with E-state index in [2.05, 4.69) is 5.32 Å². The molecule has 1 aromatic heterocycles. The third kappa shape index (κ3) is 3.92. The van der Waals surface area contributed by atoms with Gasteiger partial charge in [0.1, 0.15) is 13.2 Å². The number of fused-ring (bicyclic) bond motifs is 2. The average Bonchev–Trinajstić information content (AvgIpc) is 3.18. The fourth-order valence-corrected chi connectivity index (χ4v) is 3.90. The van der Waals surface area contributed by atoms with Crippen LogP contribution >= 0.6 is 11.6 Å². The minimum absolute atomic E-state index is 0.351. The molecule has 0 fully saturated rings. The van der Waals surface area contributed by atoms with Gasteiger partial charge in [0.05, 0.1) is 5.56 Å². The van der Waals surface area contributed by atoms with Crippen molar-refractivity contribution in [3.05, 3.63) is 89.1 Å². The van der Waals surface area contributed by atoms with Gasteiger partial charge in [-0.15, -0.1) is 0 Å². The van der Waals surface area contributed by atoms with E-state index in [1.165, 1.54) is 0 Å². The molecule has 6 nitrogen and oxygen atoms in total. The van der Waals surface area contributed by atoms with Crippen LogP contribution in [0.15, 0.2) is 72.9 Å². The minimum Gasteiger partial charge on any atom is -0.486 e. The van der Waals surface area contributed by atoms with Gasteiger partial charge in [-0.1, -0.05) is 41.9 Å². The normalized spacial score (nSPS) is 12.5. The van der Waals surface area contributed by atoms with Crippen LogP contribution in [0.5, 0.6) is 11.5 Å². The fourth-order valence-electron chi connectivity index (χ4n) is 3.78. The van der Waals surface area contributed by atoms with Gasteiger partial charge in [-0.05, 0) is 35.9 Å². The number of anilines is 1. The molecule has 5 rings (SSSR count). The third-order valence-corrected chi connectivity index (χ3v) is 5.56. The number of Topliss-reactive ketones (excluding diaryl/α,β-unsaturated/α-hetero) is 1. The molecular weight excluding hydrogens is 428 g/mol. The lowest BCUT2D eigenvalue weighted by atomic mass is 10.1. The first-order valence-corrected chi connectivity index (χ1v) is 10.5. The van der Waals surface area contributed by atoms with Crippen LogP contribution in [0.2, 0.25) is 5.02 Å². The number of nitrogens with zero attached hydrogens (tertiary/aromatic N) is 1. The number of hydrogen-bond donors (Lipinski definition) is 1. The molecule has 1 aliphatic heterocycles. The van der Waals surface area contributed by atoms with E-state index in [-0.39, 0.29) is 0 Å². The first-order valence-electron chi connectivity index (χ1n) is 10.2. The molecule has 0 atom stereocenters. The van der Waals surface area contributed by atoms with Crippen LogP contribution in [-0.2, 0) is 11.3 Å². The Labute approximate surface area is 189 Å². The third-order valence-electron chi connectivity index (χ3n) is 5.31. The highest BCUT2D eigenvalue weighted by Gasteiger charge is 2.22. The zero-order valence-corrected chi connectivity index (χ0v) is 17.8. The number of aromatic nitrogens is 1. The first kappa shape index (κ1) is 20.2. The Hall–Kier alpha value is -3.77. The number of carbonyl (C=O) groups is 2. The molecule has 1 aliphatic rings. The van der Waals surface area contributed by atoms with Gasteiger partial charge < -0.3 is 19.4 Å². The Kier molecular flexibility index (Phi) is 5.29. The molecule has 0 saturated carbocycles. The average molecular weight is 447 g/mol. The molecule has 0 spiro atoms. The minimum atomic E-state index is -0.712. The van der Waals surface area contributed by atoms with Crippen LogP contribution in [0.4, 0.5) is 5.69 Å². The molecule has 1 N–H and O–H groups in total. The number of ether oxygens (including phenoxy) is 2. The van der Waals surface area contributed by atoms with Gasteiger partial charge in [0.2, 0.25) is 0 Å². The van der Waals surface area contributed by atoms with E-state index in [1.54, 1.807) is 24.4 Å². The van der Waals surface area contributed by atoms with Crippen molar-refractivity contribution in [2.45, 2.75) is 6.54 Å². The maximum Gasteiger partial charge on any atom is 0.296 e. The van der Waals surface area contributed by atoms with E-state index in [0.29, 0.717) is 47.5 Å². The molecule has 7 heteroatoms. The van der Waals surface area contributed by atoms with Gasteiger partial charge in [-0.3, -0.25) is 9.59 Å². The van der Waals surface area contributed by atoms with Crippen molar-refractivity contribution >= 4 is 39.9 Å². The van der Waals surface area contributed by atoms with Crippen molar-refractivity contribution in [2.24, 2.45) is 0 Å². The summed E-state index contributed by atoms with van der Waals surface area (Å²) in [7, 11) is 0. The summed E-state index contributed by atoms with van der Waals surface area (Å²) in [4.78, 5) is 25.8. The predicted octanol–water partition coefficient (Wildman–Crippen LogP) is 4.94. The van der Waals surface area contributed by atoms with Gasteiger partial charge in [0.15, 0.2) is 11.5 Å². The van der Waals surface area contributed by atoms with Gasteiger partial charge in [0, 0.05) is 40.4 Å². The molecule has 0 bridgehead atoms. The largest absolute Gasteiger partial charge is 0.486 e. The molecule has 1 amide bonds. The van der Waals surface area contributed by atoms with Crippen LogP contribution in [0.1, 0.15) is 15.9 Å². The van der Waals surface area contributed by atoms with E-state index in [4.69, 9.17) is 21.1 Å². The quantitative estimate of drug-likeness (QED) is 0.348. The Morgan fingerprint density at radius 3 is 2.50 bits per heavy atom. The summed E-state index contributed by atoms with van der Waals surface area (Å²) in [6.45, 7) is 1.47. The van der Waals surface area contributed by atoms with Crippen molar-refractivity contribution in [1.82, 2.24) is 4.57 Å². The molecule has 4 aromatic rings. The second-order valence-electron chi connectivity index (χ2n) is 7.46. The molecule has 3 aromatic carbocycles. The van der Waals surface area contributed by atoms with Crippen LogP contribution < -0.4 is 14.8 Å². The van der Waals surface area contributed by atoms with E-state index < -0.39 is 11.7 Å². The number of ketones is 1. The van der Waals surface area contributed by atoms with E-state index in [9.17, 15) is 9.59 Å². The second-order valence-corrected chi connectivity index (χ2v) is 7.89. The molecule has 0 saturated heterocycles. The van der Waals surface area contributed by atoms with E-state index in [1.807, 2.05) is 53.1 Å². The number of rotatable bonds is 5. The van der Waals surface area contributed by atoms with Gasteiger partial charge in [-0.25, -0.2) is 0 Å². The van der Waals surface area contributed by atoms with Crippen LogP contribution in [0, 0.1) is 0 Å². The summed E-state index contributed by atoms with van der Waals surface area (Å²) >= 11 is 5.99. The Balaban J connectivity index is 1.41. The van der Waals surface area contributed by atoms with Crippen LogP contribution in [-0.4, -0.2) is 29.5 Å². The summed E-state index contributed by atoms with van der Waals surface area (Å²) in [6, 6.07) is 20.1. The summed E-state index contributed by atoms with van der Waals surface area (Å²) in [6.07, 6.45) is 1.73. The number of para-hydroxylation sites is 1. The maximum atomic E-state index is 13.1. The van der Waals surface area contributed by atoms with Crippen LogP contribution in [0.25, 0.3) is 10.9 Å². The Morgan fingerprint density at radius 2 is 1.69 bits per heavy atom. The highest BCUT2D eigenvalue weighted by atomic mass is 35.5. The monoisotopic (exact) mass is 446 g/mol. The van der Waals surface area contributed by atoms with Crippen LogP contribution in [0.3, 0.4) is 0 Å². The Morgan fingerprint density at radius 1 is 0.938 bits per heavy atom. The highest BCUT2D eigenvalue weighted by Crippen LogP contribution is 2.32. The summed E-state index contributed by atoms with van der Waals surface area (Å²) in [5, 5.41) is 4.06. The number of nitrogens with one attached hydrogen (secondary N) is 1. The lowest BCUT2D eigenvalue weighted by molar-refractivity contribution is -0.112. The molecular formula is C25H19ClN2O4. The van der Waals surface area contributed by atoms with Crippen molar-refractivity contribution in [3.63, 3.8) is 0 Å². The van der Waals surface area contributed by atoms with E-state index in [0.717, 1.165) is 16.5 Å². The van der Waals surface area contributed by atoms with Crippen molar-refractivity contribution < 1.29 is 19.1 Å². The SMILES string of the molecule is O=C(Nc1ccc2c(c1)OCCO2)C(=O)c1cn(Cc2ccc(Cl)cc2)c2ccccc12. The summed E-state index contributed by atoms with van der Waals surface area (Å²) < 4.78 is 13.0. The number of carbonyl (C=O) groups excluding carboxylic acids is 2. The second kappa shape index (κ2) is 8.40. The molecule has 0 radical (unpaired) electrons. The molecule has 0 aliphatic carbocycles. The van der Waals surface area contributed by atoms with Crippen molar-refractivity contribution in [2.75, 3.05) is 18.5 Å². The first-order chi connectivity index (χ1) is 15.6. The summed E-state index contributed by atoms with van der Waals surface area (Å²) in [5.74, 6) is -0.158. The van der Waals surface area contributed by atoms with E-state index >= 15 is 0 Å². The molecule has 2 heterocycles. The van der Waals surface area contributed by atoms with Crippen molar-refractivity contribution in [3.8, 4) is 11.5 Å². The van der Waals surface area contributed by atoms with Gasteiger partial charge >= 0.3 is 0 Å². The van der Waals surface area contributed by atoms with Crippen molar-refractivity contribution in [1.29, 1.82) is 0 Å². The lowest BCUT2D eigenvalue weighted by Gasteiger charge is -2.18. The highest BCUT2D eigenvalue weighted by molar-refractivity contribution is 6.48. The molecule has 160 valence electrons. The van der Waals surface area contributed by atoms with Gasteiger partial charge in [0.25, 0.3) is 11.7 Å². The lowest BCUT2D eigenvalue weighted by Crippen LogP contribution is -2.23. The van der Waals surface area contributed by atoms with Gasteiger partial charge in [-0.2, -0.15) is 0 Å². The zero-order chi connectivity index (χ0) is 22.1. The molecule has 32 heavy (non-hydrogen) atoms. The topological polar surface area (TPSA) is 69.6 Å². The fraction of sp³-hybridized carbons (Fsp3) is 0.120. The smallest absolute Gasteiger partial charge is 0.296 e. The maximum absolute atomic E-state index is 13.1. The Bertz CT molecular complexity index is 1330.